The van der Waals surface area contributed by atoms with Crippen molar-refractivity contribution in [2.24, 2.45) is 0 Å². The number of thioether (sulfide) groups is 1. The fraction of sp³-hybridized carbons (Fsp3) is 0.438. The van der Waals surface area contributed by atoms with E-state index >= 15 is 0 Å². The van der Waals surface area contributed by atoms with Gasteiger partial charge in [0.1, 0.15) is 6.29 Å². The molecule has 4 heteroatoms. The molecule has 20 heavy (non-hydrogen) atoms. The van der Waals surface area contributed by atoms with Crippen molar-refractivity contribution in [1.82, 2.24) is 4.90 Å². The third kappa shape index (κ3) is 11.0. The topological polar surface area (TPSA) is 20.3 Å². The number of aldehydes is 1. The first-order valence-electron chi connectivity index (χ1n) is 6.52. The molecule has 0 amide bonds. The van der Waals surface area contributed by atoms with Gasteiger partial charge in [-0.3, -0.25) is 0 Å². The molecular formula is C16H25NOS2. The summed E-state index contributed by atoms with van der Waals surface area (Å²) in [5, 5.41) is 0. The molecule has 0 bridgehead atoms. The van der Waals surface area contributed by atoms with Crippen LogP contribution in [0.15, 0.2) is 40.6 Å². The van der Waals surface area contributed by atoms with Crippen molar-refractivity contribution in [2.75, 3.05) is 20.4 Å². The fourth-order valence-electron chi connectivity index (χ4n) is 1.31. The molecule has 1 aromatic heterocycles. The maximum Gasteiger partial charge on any atom is 0.120 e. The van der Waals surface area contributed by atoms with Crippen molar-refractivity contribution >= 4 is 29.4 Å². The van der Waals surface area contributed by atoms with Gasteiger partial charge in [-0.2, -0.15) is 0 Å². The lowest BCUT2D eigenvalue weighted by Crippen LogP contribution is -2.09. The third-order valence-corrected chi connectivity index (χ3v) is 4.32. The lowest BCUT2D eigenvalue weighted by molar-refractivity contribution is -0.107. The molecular weight excluding hydrogens is 286 g/mol. The van der Waals surface area contributed by atoms with Gasteiger partial charge in [-0.05, 0) is 45.8 Å². The summed E-state index contributed by atoms with van der Waals surface area (Å²) in [4.78, 5) is 13.4. The van der Waals surface area contributed by atoms with E-state index in [1.165, 1.54) is 9.09 Å². The van der Waals surface area contributed by atoms with Crippen LogP contribution in [0.25, 0.3) is 0 Å². The molecule has 0 fully saturated rings. The highest BCUT2D eigenvalue weighted by molar-refractivity contribution is 8.00. The summed E-state index contributed by atoms with van der Waals surface area (Å²) < 4.78 is 1.40. The van der Waals surface area contributed by atoms with Gasteiger partial charge in [0.15, 0.2) is 0 Å². The van der Waals surface area contributed by atoms with Gasteiger partial charge in [0.25, 0.3) is 0 Å². The Labute approximate surface area is 131 Å². The number of hydrogen-bond donors (Lipinski definition) is 0. The lowest BCUT2D eigenvalue weighted by atomic mass is 10.2. The van der Waals surface area contributed by atoms with Crippen LogP contribution in [0.1, 0.15) is 24.6 Å². The third-order valence-electron chi connectivity index (χ3n) is 2.16. The van der Waals surface area contributed by atoms with E-state index in [0.29, 0.717) is 6.42 Å². The van der Waals surface area contributed by atoms with Gasteiger partial charge >= 0.3 is 0 Å². The summed E-state index contributed by atoms with van der Waals surface area (Å²) in [5.41, 5.74) is 1.03. The zero-order valence-corrected chi connectivity index (χ0v) is 14.5. The SMILES string of the molecule is C=C(C)/C=C\CCC=O.CSc1ccc(CN(C)C)s1. The molecule has 0 aliphatic rings. The Hall–Kier alpha value is -0.840. The van der Waals surface area contributed by atoms with Gasteiger partial charge in [0, 0.05) is 17.8 Å². The summed E-state index contributed by atoms with van der Waals surface area (Å²) in [6.45, 7) is 6.67. The van der Waals surface area contributed by atoms with Crippen LogP contribution < -0.4 is 0 Å². The summed E-state index contributed by atoms with van der Waals surface area (Å²) in [5.74, 6) is 0. The number of unbranched alkanes of at least 4 members (excludes halogenated alkanes) is 1. The minimum absolute atomic E-state index is 0.615. The molecule has 2 nitrogen and oxygen atoms in total. The maximum absolute atomic E-state index is 9.79. The molecule has 0 unspecified atom stereocenters. The predicted molar refractivity (Wildman–Crippen MR) is 92.7 cm³/mol. The Bertz CT molecular complexity index is 422. The number of nitrogens with zero attached hydrogens (tertiary/aromatic N) is 1. The van der Waals surface area contributed by atoms with Crippen molar-refractivity contribution in [3.63, 3.8) is 0 Å². The van der Waals surface area contributed by atoms with E-state index in [-0.39, 0.29) is 0 Å². The molecule has 1 aromatic rings. The summed E-state index contributed by atoms with van der Waals surface area (Å²) >= 11 is 3.70. The van der Waals surface area contributed by atoms with E-state index < -0.39 is 0 Å². The maximum atomic E-state index is 9.79. The molecule has 0 saturated carbocycles. The van der Waals surface area contributed by atoms with Crippen molar-refractivity contribution in [3.05, 3.63) is 41.3 Å². The van der Waals surface area contributed by atoms with Gasteiger partial charge in [0.05, 0.1) is 4.21 Å². The van der Waals surface area contributed by atoms with Crippen LogP contribution in [0.5, 0.6) is 0 Å². The van der Waals surface area contributed by atoms with E-state index in [0.717, 1.165) is 24.8 Å². The Balaban J connectivity index is 0.000000370. The van der Waals surface area contributed by atoms with Crippen LogP contribution in [0.2, 0.25) is 0 Å². The highest BCUT2D eigenvalue weighted by Gasteiger charge is 1.99. The Morgan fingerprint density at radius 1 is 1.40 bits per heavy atom. The Morgan fingerprint density at radius 2 is 2.10 bits per heavy atom. The van der Waals surface area contributed by atoms with Crippen molar-refractivity contribution in [3.8, 4) is 0 Å². The first kappa shape index (κ1) is 19.2. The van der Waals surface area contributed by atoms with Gasteiger partial charge in [-0.25, -0.2) is 0 Å². The average Bonchev–Trinajstić information content (AvgIpc) is 2.82. The Kier molecular flexibility index (Phi) is 11.4. The molecule has 0 radical (unpaired) electrons. The molecule has 0 aliphatic heterocycles. The zero-order valence-electron chi connectivity index (χ0n) is 12.9. The smallest absolute Gasteiger partial charge is 0.120 e. The molecule has 0 atom stereocenters. The second-order valence-corrected chi connectivity index (χ2v) is 6.93. The fourth-order valence-corrected chi connectivity index (χ4v) is 3.03. The second kappa shape index (κ2) is 11.9. The van der Waals surface area contributed by atoms with E-state index in [9.17, 15) is 4.79 Å². The average molecular weight is 312 g/mol. The van der Waals surface area contributed by atoms with Gasteiger partial charge < -0.3 is 9.69 Å². The van der Waals surface area contributed by atoms with Gasteiger partial charge in [-0.1, -0.05) is 24.3 Å². The second-order valence-electron chi connectivity index (χ2n) is 4.66. The number of allylic oxidation sites excluding steroid dienone is 3. The number of carbonyl (C=O) groups is 1. The van der Waals surface area contributed by atoms with Gasteiger partial charge in [-0.15, -0.1) is 23.1 Å². The molecule has 0 N–H and O–H groups in total. The minimum Gasteiger partial charge on any atom is -0.304 e. The summed E-state index contributed by atoms with van der Waals surface area (Å²) in [6, 6.07) is 4.39. The molecule has 0 aliphatic carbocycles. The molecule has 1 rings (SSSR count). The van der Waals surface area contributed by atoms with Crippen LogP contribution in [0, 0.1) is 0 Å². The first-order valence-corrected chi connectivity index (χ1v) is 8.56. The van der Waals surface area contributed by atoms with Crippen LogP contribution >= 0.6 is 23.1 Å². The zero-order chi connectivity index (χ0) is 15.4. The van der Waals surface area contributed by atoms with E-state index in [2.05, 4.69) is 44.0 Å². The normalized spacial score (nSPS) is 10.4. The molecule has 1 heterocycles. The van der Waals surface area contributed by atoms with Crippen LogP contribution in [-0.2, 0) is 11.3 Å². The number of carbonyl (C=O) groups excluding carboxylic acids is 1. The minimum atomic E-state index is 0.615. The predicted octanol–water partition coefficient (Wildman–Crippen LogP) is 4.63. The first-order chi connectivity index (χ1) is 9.49. The van der Waals surface area contributed by atoms with Crippen LogP contribution in [0.4, 0.5) is 0 Å². The van der Waals surface area contributed by atoms with E-state index in [4.69, 9.17) is 0 Å². The van der Waals surface area contributed by atoms with Crippen LogP contribution in [0.3, 0.4) is 0 Å². The van der Waals surface area contributed by atoms with Gasteiger partial charge in [0.2, 0.25) is 0 Å². The highest BCUT2D eigenvalue weighted by atomic mass is 32.2. The standard InChI is InChI=1S/C8H13NS2.C8H12O/c1-9(2)6-7-4-5-8(10-3)11-7;1-8(2)6-4-3-5-7-9/h4-5H,6H2,1-3H3;4,6-7H,1,3,5H2,2H3/b;6-4-. The lowest BCUT2D eigenvalue weighted by Gasteiger charge is -2.05. The molecule has 112 valence electrons. The molecule has 0 aromatic carbocycles. The number of hydrogen-bond acceptors (Lipinski definition) is 4. The number of rotatable bonds is 7. The quantitative estimate of drug-likeness (QED) is 0.317. The summed E-state index contributed by atoms with van der Waals surface area (Å²) in [6.07, 6.45) is 8.36. The van der Waals surface area contributed by atoms with Crippen molar-refractivity contribution < 1.29 is 4.79 Å². The van der Waals surface area contributed by atoms with Crippen LogP contribution in [-0.4, -0.2) is 31.5 Å². The molecule has 0 spiro atoms. The van der Waals surface area contributed by atoms with E-state index in [1.54, 1.807) is 0 Å². The largest absolute Gasteiger partial charge is 0.304 e. The summed E-state index contributed by atoms with van der Waals surface area (Å²) in [7, 11) is 4.19. The Morgan fingerprint density at radius 3 is 2.55 bits per heavy atom. The van der Waals surface area contributed by atoms with Crippen molar-refractivity contribution in [1.29, 1.82) is 0 Å². The monoisotopic (exact) mass is 311 g/mol. The highest BCUT2D eigenvalue weighted by Crippen LogP contribution is 2.25. The van der Waals surface area contributed by atoms with Crippen molar-refractivity contribution in [2.45, 2.75) is 30.5 Å². The number of thiophene rings is 1. The van der Waals surface area contributed by atoms with E-state index in [1.807, 2.05) is 42.2 Å². The molecule has 0 saturated heterocycles.